The monoisotopic (exact) mass is 303 g/mol. The molecule has 0 bridgehead atoms. The smallest absolute Gasteiger partial charge is 0.255 e. The van der Waals surface area contributed by atoms with Gasteiger partial charge < -0.3 is 10.4 Å². The Morgan fingerprint density at radius 1 is 1.24 bits per heavy atom. The van der Waals surface area contributed by atoms with Gasteiger partial charge in [-0.1, -0.05) is 23.4 Å². The van der Waals surface area contributed by atoms with Gasteiger partial charge in [0.15, 0.2) is 0 Å². The first-order valence-electron chi connectivity index (χ1n) is 6.06. The number of aliphatic hydroxyl groups excluding tert-OH is 1. The van der Waals surface area contributed by atoms with Crippen LogP contribution in [0, 0.1) is 17.7 Å². The topological polar surface area (TPSA) is 49.3 Å². The van der Waals surface area contributed by atoms with E-state index in [2.05, 4.69) is 17.2 Å². The maximum absolute atomic E-state index is 13.9. The first-order valence-corrected chi connectivity index (χ1v) is 6.44. The fraction of sp³-hybridized carbons (Fsp3) is 0.0625. The molecule has 0 aliphatic rings. The average Bonchev–Trinajstić information content (AvgIpc) is 2.48. The number of aliphatic hydroxyl groups is 1. The SMILES string of the molecule is O=C(Nc1ccc(C#CCO)cc1F)c1ccc(Cl)cc1. The van der Waals surface area contributed by atoms with Crippen LogP contribution in [0.4, 0.5) is 10.1 Å². The van der Waals surface area contributed by atoms with Gasteiger partial charge >= 0.3 is 0 Å². The van der Waals surface area contributed by atoms with Gasteiger partial charge in [-0.25, -0.2) is 4.39 Å². The van der Waals surface area contributed by atoms with E-state index in [0.29, 0.717) is 16.1 Å². The van der Waals surface area contributed by atoms with Crippen LogP contribution in [0.3, 0.4) is 0 Å². The highest BCUT2D eigenvalue weighted by molar-refractivity contribution is 6.30. The lowest BCUT2D eigenvalue weighted by molar-refractivity contribution is 0.102. The summed E-state index contributed by atoms with van der Waals surface area (Å²) in [7, 11) is 0. The minimum Gasteiger partial charge on any atom is -0.384 e. The van der Waals surface area contributed by atoms with E-state index in [9.17, 15) is 9.18 Å². The van der Waals surface area contributed by atoms with E-state index in [0.717, 1.165) is 0 Å². The number of carbonyl (C=O) groups excluding carboxylic acids is 1. The Morgan fingerprint density at radius 2 is 1.95 bits per heavy atom. The minimum absolute atomic E-state index is 0.0597. The third-order valence-electron chi connectivity index (χ3n) is 2.64. The standard InChI is InChI=1S/C16H11ClFNO2/c17-13-6-4-12(5-7-13)16(21)19-15-8-3-11(2-1-9-20)10-14(15)18/h3-8,10,20H,9H2,(H,19,21). The second-order valence-electron chi connectivity index (χ2n) is 4.12. The number of amides is 1. The zero-order chi connectivity index (χ0) is 15.2. The predicted molar refractivity (Wildman–Crippen MR) is 79.8 cm³/mol. The van der Waals surface area contributed by atoms with Gasteiger partial charge in [-0.3, -0.25) is 4.79 Å². The number of rotatable bonds is 2. The van der Waals surface area contributed by atoms with Crippen molar-refractivity contribution >= 4 is 23.2 Å². The highest BCUT2D eigenvalue weighted by Gasteiger charge is 2.09. The number of nitrogens with one attached hydrogen (secondary N) is 1. The Hall–Kier alpha value is -2.35. The third-order valence-corrected chi connectivity index (χ3v) is 2.89. The lowest BCUT2D eigenvalue weighted by atomic mass is 10.1. The molecule has 0 saturated heterocycles. The summed E-state index contributed by atoms with van der Waals surface area (Å²) in [5, 5.41) is 11.6. The fourth-order valence-corrected chi connectivity index (χ4v) is 1.76. The van der Waals surface area contributed by atoms with Crippen LogP contribution in [-0.4, -0.2) is 17.6 Å². The van der Waals surface area contributed by atoms with Crippen molar-refractivity contribution < 1.29 is 14.3 Å². The fourth-order valence-electron chi connectivity index (χ4n) is 1.63. The summed E-state index contributed by atoms with van der Waals surface area (Å²) in [5.74, 6) is 3.98. The lowest BCUT2D eigenvalue weighted by Crippen LogP contribution is -2.12. The molecule has 0 fully saturated rings. The molecule has 0 aromatic heterocycles. The highest BCUT2D eigenvalue weighted by atomic mass is 35.5. The van der Waals surface area contributed by atoms with E-state index in [1.807, 2.05) is 0 Å². The summed E-state index contributed by atoms with van der Waals surface area (Å²) in [6, 6.07) is 10.4. The van der Waals surface area contributed by atoms with Crippen LogP contribution >= 0.6 is 11.6 Å². The Bertz CT molecular complexity index is 717. The maximum Gasteiger partial charge on any atom is 0.255 e. The Balaban J connectivity index is 2.16. The van der Waals surface area contributed by atoms with Gasteiger partial charge in [-0.05, 0) is 42.5 Å². The molecule has 2 aromatic rings. The van der Waals surface area contributed by atoms with Crippen molar-refractivity contribution in [2.75, 3.05) is 11.9 Å². The van der Waals surface area contributed by atoms with Crippen LogP contribution in [0.2, 0.25) is 5.02 Å². The average molecular weight is 304 g/mol. The molecule has 2 N–H and O–H groups in total. The van der Waals surface area contributed by atoms with Crippen molar-refractivity contribution in [3.63, 3.8) is 0 Å². The number of carbonyl (C=O) groups is 1. The molecule has 0 spiro atoms. The molecule has 21 heavy (non-hydrogen) atoms. The molecule has 5 heteroatoms. The summed E-state index contributed by atoms with van der Waals surface area (Å²) in [6.45, 7) is -0.295. The molecule has 106 valence electrons. The molecular weight excluding hydrogens is 293 g/mol. The van der Waals surface area contributed by atoms with E-state index in [4.69, 9.17) is 16.7 Å². The molecule has 0 heterocycles. The van der Waals surface area contributed by atoms with Crippen LogP contribution in [0.5, 0.6) is 0 Å². The second-order valence-corrected chi connectivity index (χ2v) is 4.55. The van der Waals surface area contributed by atoms with E-state index >= 15 is 0 Å². The number of hydrogen-bond donors (Lipinski definition) is 2. The summed E-state index contributed by atoms with van der Waals surface area (Å²) < 4.78 is 13.9. The summed E-state index contributed by atoms with van der Waals surface area (Å²) in [6.07, 6.45) is 0. The van der Waals surface area contributed by atoms with Crippen molar-refractivity contribution in [1.82, 2.24) is 0 Å². The van der Waals surface area contributed by atoms with Gasteiger partial charge in [-0.2, -0.15) is 0 Å². The molecule has 3 nitrogen and oxygen atoms in total. The van der Waals surface area contributed by atoms with Gasteiger partial charge in [-0.15, -0.1) is 0 Å². The van der Waals surface area contributed by atoms with Gasteiger partial charge in [0.05, 0.1) is 5.69 Å². The summed E-state index contributed by atoms with van der Waals surface area (Å²) in [4.78, 5) is 12.0. The van der Waals surface area contributed by atoms with E-state index in [-0.39, 0.29) is 12.3 Å². The summed E-state index contributed by atoms with van der Waals surface area (Å²) in [5.41, 5.74) is 0.860. The molecular formula is C16H11ClFNO2. The van der Waals surface area contributed by atoms with E-state index in [1.54, 1.807) is 30.3 Å². The van der Waals surface area contributed by atoms with Crippen LogP contribution in [0.25, 0.3) is 0 Å². The normalized spacial score (nSPS) is 9.67. The molecule has 1 amide bonds. The molecule has 0 unspecified atom stereocenters. The quantitative estimate of drug-likeness (QED) is 0.838. The van der Waals surface area contributed by atoms with Gasteiger partial charge in [0.25, 0.3) is 5.91 Å². The molecule has 0 atom stereocenters. The zero-order valence-corrected chi connectivity index (χ0v) is 11.6. The van der Waals surface area contributed by atoms with Crippen molar-refractivity contribution in [2.24, 2.45) is 0 Å². The van der Waals surface area contributed by atoms with Crippen LogP contribution in [-0.2, 0) is 0 Å². The molecule has 0 saturated carbocycles. The Labute approximate surface area is 126 Å². The first-order chi connectivity index (χ1) is 10.1. The van der Waals surface area contributed by atoms with E-state index < -0.39 is 11.7 Å². The van der Waals surface area contributed by atoms with Gasteiger partial charge in [0, 0.05) is 16.1 Å². The van der Waals surface area contributed by atoms with Gasteiger partial charge in [0.1, 0.15) is 12.4 Å². The third kappa shape index (κ3) is 4.06. The minimum atomic E-state index is -0.595. The maximum atomic E-state index is 13.9. The van der Waals surface area contributed by atoms with E-state index in [1.165, 1.54) is 12.1 Å². The first kappa shape index (κ1) is 15.0. The molecule has 2 aromatic carbocycles. The Kier molecular flexibility index (Phi) is 4.94. The van der Waals surface area contributed by atoms with Crippen molar-refractivity contribution in [1.29, 1.82) is 0 Å². The molecule has 0 aliphatic heterocycles. The number of benzene rings is 2. The van der Waals surface area contributed by atoms with Crippen LogP contribution < -0.4 is 5.32 Å². The predicted octanol–water partition coefficient (Wildman–Crippen LogP) is 3.08. The van der Waals surface area contributed by atoms with Gasteiger partial charge in [0.2, 0.25) is 0 Å². The van der Waals surface area contributed by atoms with Crippen LogP contribution in [0.15, 0.2) is 42.5 Å². The molecule has 0 aliphatic carbocycles. The highest BCUT2D eigenvalue weighted by Crippen LogP contribution is 2.17. The second kappa shape index (κ2) is 6.89. The molecule has 2 rings (SSSR count). The molecule has 0 radical (unpaired) electrons. The van der Waals surface area contributed by atoms with Crippen molar-refractivity contribution in [2.45, 2.75) is 0 Å². The number of hydrogen-bond acceptors (Lipinski definition) is 2. The Morgan fingerprint density at radius 3 is 2.57 bits per heavy atom. The van der Waals surface area contributed by atoms with Crippen LogP contribution in [0.1, 0.15) is 15.9 Å². The van der Waals surface area contributed by atoms with Crippen molar-refractivity contribution in [3.8, 4) is 11.8 Å². The number of anilines is 1. The summed E-state index contributed by atoms with van der Waals surface area (Å²) >= 11 is 5.74. The zero-order valence-electron chi connectivity index (χ0n) is 10.9. The van der Waals surface area contributed by atoms with Crippen molar-refractivity contribution in [3.05, 3.63) is 64.4 Å². The number of halogens is 2. The largest absolute Gasteiger partial charge is 0.384 e. The lowest BCUT2D eigenvalue weighted by Gasteiger charge is -2.07.